The number of hydrogen-bond acceptors (Lipinski definition) is 5. The minimum Gasteiger partial charge on any atom is -0.298 e. The van der Waals surface area contributed by atoms with Crippen LogP contribution in [0.15, 0.2) is 24.5 Å². The number of imidazole rings is 1. The molecule has 0 spiro atoms. The molecule has 0 amide bonds. The van der Waals surface area contributed by atoms with E-state index >= 15 is 0 Å². The van der Waals surface area contributed by atoms with Crippen LogP contribution in [0.4, 0.5) is 10.1 Å². The molecule has 1 aromatic heterocycles. The van der Waals surface area contributed by atoms with Crippen LogP contribution in [0.1, 0.15) is 24.4 Å². The zero-order valence-corrected chi connectivity index (χ0v) is 15.8. The third-order valence-electron chi connectivity index (χ3n) is 4.67. The highest BCUT2D eigenvalue weighted by atomic mass is 31.2. The number of nitrogens with zero attached hydrogens (tertiary/aromatic N) is 5. The highest BCUT2D eigenvalue weighted by Crippen LogP contribution is 2.63. The van der Waals surface area contributed by atoms with Crippen LogP contribution in [-0.2, 0) is 9.09 Å². The van der Waals surface area contributed by atoms with Crippen molar-refractivity contribution in [2.75, 3.05) is 26.2 Å². The molecule has 2 aliphatic heterocycles. The Balaban J connectivity index is 1.73. The van der Waals surface area contributed by atoms with Gasteiger partial charge in [0.1, 0.15) is 17.3 Å². The third kappa shape index (κ3) is 3.29. The van der Waals surface area contributed by atoms with Crippen molar-refractivity contribution in [3.63, 3.8) is 0 Å². The monoisotopic (exact) mass is 395 g/mol. The Hall–Kier alpha value is -2.13. The van der Waals surface area contributed by atoms with Crippen molar-refractivity contribution in [3.8, 4) is 5.69 Å². The van der Waals surface area contributed by atoms with Crippen molar-refractivity contribution in [1.82, 2.24) is 18.9 Å². The van der Waals surface area contributed by atoms with Gasteiger partial charge in [-0.15, -0.1) is 0 Å². The highest BCUT2D eigenvalue weighted by Gasteiger charge is 2.50. The zero-order valence-electron chi connectivity index (χ0n) is 14.9. The summed E-state index contributed by atoms with van der Waals surface area (Å²) in [5.41, 5.74) is -0.0626. The lowest BCUT2D eigenvalue weighted by molar-refractivity contribution is -0.384. The molecule has 4 rings (SSSR count). The average molecular weight is 395 g/mol. The summed E-state index contributed by atoms with van der Waals surface area (Å²) in [5, 5.41) is 11.4. The molecule has 1 unspecified atom stereocenters. The summed E-state index contributed by atoms with van der Waals surface area (Å²) in [7, 11) is -3.15. The molecule has 144 valence electrons. The van der Waals surface area contributed by atoms with Gasteiger partial charge < -0.3 is 0 Å². The molecule has 0 aliphatic carbocycles. The van der Waals surface area contributed by atoms with E-state index in [1.165, 1.54) is 16.8 Å². The quantitative estimate of drug-likeness (QED) is 0.308. The summed E-state index contributed by atoms with van der Waals surface area (Å²) < 4.78 is 38.6. The second-order valence-electron chi connectivity index (χ2n) is 6.61. The number of rotatable bonds is 7. The van der Waals surface area contributed by atoms with Crippen LogP contribution < -0.4 is 0 Å². The molecule has 2 saturated heterocycles. The van der Waals surface area contributed by atoms with Gasteiger partial charge in [-0.3, -0.25) is 23.8 Å². The first-order valence-electron chi connectivity index (χ1n) is 8.58. The smallest absolute Gasteiger partial charge is 0.298 e. The van der Waals surface area contributed by atoms with E-state index in [1.807, 2.05) is 0 Å². The van der Waals surface area contributed by atoms with Gasteiger partial charge in [0, 0.05) is 44.1 Å². The van der Waals surface area contributed by atoms with Crippen LogP contribution in [0.5, 0.6) is 0 Å². The number of benzene rings is 1. The van der Waals surface area contributed by atoms with Crippen LogP contribution in [-0.4, -0.2) is 50.0 Å². The minimum absolute atomic E-state index is 0.118. The highest BCUT2D eigenvalue weighted by molar-refractivity contribution is 7.54. The Morgan fingerprint density at radius 2 is 1.93 bits per heavy atom. The molecule has 1 atom stereocenters. The minimum atomic E-state index is -3.15. The van der Waals surface area contributed by atoms with Gasteiger partial charge in [-0.2, -0.15) is 0 Å². The first-order valence-corrected chi connectivity index (χ1v) is 10.1. The third-order valence-corrected chi connectivity index (χ3v) is 7.49. The van der Waals surface area contributed by atoms with Crippen LogP contribution in [0, 0.1) is 22.9 Å². The summed E-state index contributed by atoms with van der Waals surface area (Å²) in [6, 6.07) is 2.26. The predicted molar refractivity (Wildman–Crippen MR) is 95.2 cm³/mol. The summed E-state index contributed by atoms with van der Waals surface area (Å²) >= 11 is 0. The summed E-state index contributed by atoms with van der Waals surface area (Å²) in [5.74, 6) is -0.234. The molecule has 0 radical (unpaired) electrons. The number of nitro benzene ring substituents is 1. The first-order chi connectivity index (χ1) is 12.8. The summed E-state index contributed by atoms with van der Waals surface area (Å²) in [4.78, 5) is 14.8. The van der Waals surface area contributed by atoms with Gasteiger partial charge in [-0.1, -0.05) is 0 Å². The van der Waals surface area contributed by atoms with E-state index in [9.17, 15) is 19.1 Å². The molecule has 0 saturated carbocycles. The Kier molecular flexibility index (Phi) is 4.38. The number of halogens is 1. The van der Waals surface area contributed by atoms with Gasteiger partial charge in [0.05, 0.1) is 17.1 Å². The lowest BCUT2D eigenvalue weighted by Gasteiger charge is -2.24. The SMILES string of the molecule is Cc1nccn1-c1cc(C(C)OP(=O)(N2CC2)N2CC2)c(F)cc1[N+](=O)[O-]. The van der Waals surface area contributed by atoms with Crippen LogP contribution in [0.3, 0.4) is 0 Å². The van der Waals surface area contributed by atoms with Gasteiger partial charge in [-0.05, 0) is 19.9 Å². The molecule has 3 heterocycles. The Bertz CT molecular complexity index is 940. The fraction of sp³-hybridized carbons (Fsp3) is 0.438. The Morgan fingerprint density at radius 1 is 1.30 bits per heavy atom. The molecule has 0 bridgehead atoms. The van der Waals surface area contributed by atoms with Gasteiger partial charge in [0.2, 0.25) is 0 Å². The molecule has 2 aromatic rings. The second kappa shape index (κ2) is 6.49. The fourth-order valence-electron chi connectivity index (χ4n) is 3.02. The van der Waals surface area contributed by atoms with E-state index in [0.29, 0.717) is 32.0 Å². The van der Waals surface area contributed by atoms with Gasteiger partial charge in [-0.25, -0.2) is 18.7 Å². The van der Waals surface area contributed by atoms with Crippen molar-refractivity contribution in [2.45, 2.75) is 20.0 Å². The number of aryl methyl sites for hydroxylation is 1. The molecule has 0 N–H and O–H groups in total. The predicted octanol–water partition coefficient (Wildman–Crippen LogP) is 3.04. The van der Waals surface area contributed by atoms with Crippen molar-refractivity contribution >= 4 is 13.4 Å². The Morgan fingerprint density at radius 3 is 2.41 bits per heavy atom. The van der Waals surface area contributed by atoms with Gasteiger partial charge in [0.25, 0.3) is 5.69 Å². The molecule has 27 heavy (non-hydrogen) atoms. The largest absolute Gasteiger partial charge is 0.346 e. The van der Waals surface area contributed by atoms with Crippen molar-refractivity contribution in [2.24, 2.45) is 0 Å². The maximum atomic E-state index is 14.7. The van der Waals surface area contributed by atoms with Crippen LogP contribution >= 0.6 is 7.67 Å². The first kappa shape index (κ1) is 18.2. The van der Waals surface area contributed by atoms with Crippen LogP contribution in [0.2, 0.25) is 0 Å². The normalized spacial score (nSPS) is 18.5. The van der Waals surface area contributed by atoms with Crippen LogP contribution in [0.25, 0.3) is 5.69 Å². The van der Waals surface area contributed by atoms with E-state index in [0.717, 1.165) is 6.07 Å². The molecule has 1 aromatic carbocycles. The summed E-state index contributed by atoms with van der Waals surface area (Å²) in [6.45, 7) is 6.03. The molecule has 2 fully saturated rings. The lowest BCUT2D eigenvalue weighted by Crippen LogP contribution is -2.12. The molecule has 9 nitrogen and oxygen atoms in total. The zero-order chi connectivity index (χ0) is 19.3. The number of aromatic nitrogens is 2. The second-order valence-corrected chi connectivity index (χ2v) is 8.93. The van der Waals surface area contributed by atoms with E-state index in [4.69, 9.17) is 4.52 Å². The molecule has 2 aliphatic rings. The topological polar surface area (TPSA) is 93.3 Å². The van der Waals surface area contributed by atoms with Crippen molar-refractivity contribution < 1.29 is 18.4 Å². The van der Waals surface area contributed by atoms with Gasteiger partial charge >= 0.3 is 7.67 Å². The number of nitro groups is 1. The molecule has 11 heteroatoms. The fourth-order valence-corrected chi connectivity index (χ4v) is 5.36. The Labute approximate surface area is 155 Å². The van der Waals surface area contributed by atoms with Crippen molar-refractivity contribution in [3.05, 3.63) is 51.8 Å². The van der Waals surface area contributed by atoms with Gasteiger partial charge in [0.15, 0.2) is 0 Å². The molecular formula is C16H19FN5O4P. The van der Waals surface area contributed by atoms with Crippen molar-refractivity contribution in [1.29, 1.82) is 0 Å². The lowest BCUT2D eigenvalue weighted by atomic mass is 10.1. The van der Waals surface area contributed by atoms with E-state index in [-0.39, 0.29) is 16.9 Å². The van der Waals surface area contributed by atoms with E-state index < -0.39 is 24.5 Å². The van der Waals surface area contributed by atoms with E-state index in [1.54, 1.807) is 29.4 Å². The molecular weight excluding hydrogens is 376 g/mol. The average Bonchev–Trinajstić information content (AvgIpc) is 3.52. The van der Waals surface area contributed by atoms with E-state index in [2.05, 4.69) is 4.98 Å². The standard InChI is InChI=1S/C16H19FN5O4P/c1-11(26-27(25,19-5-6-19)20-7-8-20)13-9-15(21-4-3-18-12(21)2)16(22(23)24)10-14(13)17/h3-4,9-11H,5-8H2,1-2H3. The number of hydrogen-bond donors (Lipinski definition) is 0. The summed E-state index contributed by atoms with van der Waals surface area (Å²) in [6.07, 6.45) is 2.25. The maximum Gasteiger partial charge on any atom is 0.346 e. The maximum absolute atomic E-state index is 14.7.